The zero-order valence-electron chi connectivity index (χ0n) is 28.3. The average molecular weight is 563 g/mol. The van der Waals surface area contributed by atoms with Crippen molar-refractivity contribution in [3.63, 3.8) is 0 Å². The normalized spacial score (nSPS) is 39.5. The van der Waals surface area contributed by atoms with Crippen LogP contribution in [-0.4, -0.2) is 0 Å². The molecule has 4 aliphatic rings. The van der Waals surface area contributed by atoms with Crippen LogP contribution in [0.1, 0.15) is 160 Å². The molecule has 0 nitrogen and oxygen atoms in total. The van der Waals surface area contributed by atoms with Crippen LogP contribution in [0.4, 0.5) is 0 Å². The maximum Gasteiger partial charge on any atom is 0.0202 e. The lowest BCUT2D eigenvalue weighted by atomic mass is 9.43. The summed E-state index contributed by atoms with van der Waals surface area (Å²) in [5.74, 6) is 11.5. The van der Waals surface area contributed by atoms with Crippen LogP contribution >= 0.6 is 0 Å². The van der Waals surface area contributed by atoms with Crippen molar-refractivity contribution in [1.29, 1.82) is 0 Å². The summed E-state index contributed by atoms with van der Waals surface area (Å²) >= 11 is 0. The van der Waals surface area contributed by atoms with Gasteiger partial charge in [-0.3, -0.25) is 0 Å². The zero-order valence-corrected chi connectivity index (χ0v) is 28.3. The SMILES string of the molecule is C.C=C/C(C#CC)=C\C(C)C/C(=C\C)[C@@H]1CCC[C@H]2[C@@H]3CC[C@]4(CC)CC[C@@](C)(CC)CCC4[C@H]3CC[C@]12C.CC. The van der Waals surface area contributed by atoms with Crippen LogP contribution in [0.5, 0.6) is 0 Å². The lowest BCUT2D eigenvalue weighted by Gasteiger charge is -2.62. The second-order valence-corrected chi connectivity index (χ2v) is 14.8. The highest BCUT2D eigenvalue weighted by molar-refractivity contribution is 5.37. The molecule has 0 heteroatoms. The Morgan fingerprint density at radius 1 is 0.902 bits per heavy atom. The van der Waals surface area contributed by atoms with Gasteiger partial charge in [0.15, 0.2) is 0 Å². The Kier molecular flexibility index (Phi) is 13.6. The van der Waals surface area contributed by atoms with E-state index in [4.69, 9.17) is 0 Å². The van der Waals surface area contributed by atoms with E-state index >= 15 is 0 Å². The van der Waals surface area contributed by atoms with Gasteiger partial charge in [-0.25, -0.2) is 0 Å². The topological polar surface area (TPSA) is 0 Å². The zero-order chi connectivity index (χ0) is 29.6. The summed E-state index contributed by atoms with van der Waals surface area (Å²) in [6, 6.07) is 0. The summed E-state index contributed by atoms with van der Waals surface area (Å²) < 4.78 is 0. The van der Waals surface area contributed by atoms with Crippen LogP contribution in [-0.2, 0) is 0 Å². The van der Waals surface area contributed by atoms with Crippen molar-refractivity contribution in [2.75, 3.05) is 0 Å². The van der Waals surface area contributed by atoms with E-state index in [0.717, 1.165) is 35.2 Å². The van der Waals surface area contributed by atoms with Gasteiger partial charge in [-0.2, -0.15) is 0 Å². The molecule has 0 aromatic rings. The molecular formula is C41H70. The molecule has 4 rings (SSSR count). The summed E-state index contributed by atoms with van der Waals surface area (Å²) in [7, 11) is 0. The molecule has 0 aromatic carbocycles. The maximum atomic E-state index is 4.00. The third-order valence-corrected chi connectivity index (χ3v) is 13.2. The summed E-state index contributed by atoms with van der Waals surface area (Å²) in [4.78, 5) is 0. The highest BCUT2D eigenvalue weighted by Crippen LogP contribution is 2.67. The van der Waals surface area contributed by atoms with Gasteiger partial charge < -0.3 is 0 Å². The highest BCUT2D eigenvalue weighted by atomic mass is 14.6. The number of allylic oxidation sites excluding steroid dienone is 5. The fourth-order valence-electron chi connectivity index (χ4n) is 10.6. The third kappa shape index (κ3) is 7.30. The summed E-state index contributed by atoms with van der Waals surface area (Å²) in [5, 5.41) is 0. The van der Waals surface area contributed by atoms with E-state index in [1.807, 2.05) is 26.8 Å². The van der Waals surface area contributed by atoms with Crippen LogP contribution in [0.25, 0.3) is 0 Å². The summed E-state index contributed by atoms with van der Waals surface area (Å²) in [6.45, 7) is 25.0. The molecule has 4 aliphatic carbocycles. The Morgan fingerprint density at radius 3 is 2.20 bits per heavy atom. The van der Waals surface area contributed by atoms with Gasteiger partial charge in [-0.05, 0) is 136 Å². The van der Waals surface area contributed by atoms with Crippen molar-refractivity contribution in [3.05, 3.63) is 36.0 Å². The molecule has 0 aliphatic heterocycles. The Morgan fingerprint density at radius 2 is 1.59 bits per heavy atom. The first-order chi connectivity index (χ1) is 19.2. The molecule has 9 atom stereocenters. The molecule has 234 valence electrons. The van der Waals surface area contributed by atoms with Crippen molar-refractivity contribution >= 4 is 0 Å². The molecule has 41 heavy (non-hydrogen) atoms. The van der Waals surface area contributed by atoms with E-state index in [2.05, 4.69) is 72.1 Å². The summed E-state index contributed by atoms with van der Waals surface area (Å²) in [5.41, 5.74) is 4.56. The van der Waals surface area contributed by atoms with Crippen molar-refractivity contribution in [1.82, 2.24) is 0 Å². The minimum atomic E-state index is 0. The predicted molar refractivity (Wildman–Crippen MR) is 185 cm³/mol. The first kappa shape index (κ1) is 36.0. The molecule has 0 bridgehead atoms. The molecule has 0 heterocycles. The van der Waals surface area contributed by atoms with Crippen LogP contribution in [0.2, 0.25) is 0 Å². The van der Waals surface area contributed by atoms with E-state index in [1.54, 1.807) is 5.57 Å². The standard InChI is InChI=1S/C38H60.C2H6.CH4/c1-9-15-29(10-2)26-28(6)27-30(11-3)33-16-14-17-34-31-19-23-38(13-5)25-24-36(7,12-4)21-20-35(38)32(31)18-22-37(33,34)8;1-2;/h10-11,26,28,31-35H,2,12-14,16-25,27H2,1,3-8H3;1-2H3;1H4/b29-26+,30-11+;;/t28?,31-,32+,33+,34+,35?,36+,37-,38-;;/m1../s1. The van der Waals surface area contributed by atoms with E-state index in [9.17, 15) is 0 Å². The average Bonchev–Trinajstić information content (AvgIpc) is 3.13. The lowest BCUT2D eigenvalue weighted by Crippen LogP contribution is -2.54. The van der Waals surface area contributed by atoms with Crippen molar-refractivity contribution in [2.24, 2.45) is 51.8 Å². The largest absolute Gasteiger partial charge is 0.101 e. The molecule has 2 unspecified atom stereocenters. The molecule has 0 radical (unpaired) electrons. The maximum absolute atomic E-state index is 4.00. The number of rotatable bonds is 7. The molecule has 4 saturated carbocycles. The van der Waals surface area contributed by atoms with E-state index in [0.29, 0.717) is 22.2 Å². The first-order valence-electron chi connectivity index (χ1n) is 17.6. The van der Waals surface area contributed by atoms with Gasteiger partial charge in [0.2, 0.25) is 0 Å². The Labute approximate surface area is 258 Å². The van der Waals surface area contributed by atoms with Crippen LogP contribution in [0, 0.1) is 63.6 Å². The van der Waals surface area contributed by atoms with Gasteiger partial charge in [0.25, 0.3) is 0 Å². The van der Waals surface area contributed by atoms with Crippen LogP contribution in [0.3, 0.4) is 0 Å². The van der Waals surface area contributed by atoms with Gasteiger partial charge in [-0.1, -0.05) is 111 Å². The minimum Gasteiger partial charge on any atom is -0.101 e. The van der Waals surface area contributed by atoms with E-state index < -0.39 is 0 Å². The Balaban J connectivity index is 0.00000192. The molecular weight excluding hydrogens is 492 g/mol. The first-order valence-corrected chi connectivity index (χ1v) is 17.6. The van der Waals surface area contributed by atoms with Crippen LogP contribution < -0.4 is 0 Å². The molecule has 0 aromatic heterocycles. The quantitative estimate of drug-likeness (QED) is 0.164. The second-order valence-electron chi connectivity index (χ2n) is 14.8. The van der Waals surface area contributed by atoms with Crippen molar-refractivity contribution < 1.29 is 0 Å². The fourth-order valence-corrected chi connectivity index (χ4v) is 10.6. The predicted octanol–water partition coefficient (Wildman–Crippen LogP) is 13.0. The highest BCUT2D eigenvalue weighted by Gasteiger charge is 2.58. The van der Waals surface area contributed by atoms with Gasteiger partial charge in [0.1, 0.15) is 0 Å². The van der Waals surface area contributed by atoms with Crippen molar-refractivity contribution in [3.8, 4) is 11.8 Å². The Hall–Kier alpha value is -1.22. The number of hydrogen-bond acceptors (Lipinski definition) is 0. The minimum absolute atomic E-state index is 0. The number of fused-ring (bicyclic) bond motifs is 5. The van der Waals surface area contributed by atoms with Gasteiger partial charge in [0.05, 0.1) is 0 Å². The smallest absolute Gasteiger partial charge is 0.0202 e. The molecule has 4 fully saturated rings. The molecule has 0 N–H and O–H groups in total. The van der Waals surface area contributed by atoms with Gasteiger partial charge >= 0.3 is 0 Å². The molecule has 0 spiro atoms. The van der Waals surface area contributed by atoms with Gasteiger partial charge in [-0.15, -0.1) is 5.92 Å². The Bertz CT molecular complexity index is 952. The molecule has 0 saturated heterocycles. The monoisotopic (exact) mass is 563 g/mol. The second kappa shape index (κ2) is 15.5. The number of hydrogen-bond donors (Lipinski definition) is 0. The van der Waals surface area contributed by atoms with E-state index in [1.165, 1.54) is 89.9 Å². The van der Waals surface area contributed by atoms with Crippen molar-refractivity contribution in [2.45, 2.75) is 160 Å². The third-order valence-electron chi connectivity index (χ3n) is 13.2. The summed E-state index contributed by atoms with van der Waals surface area (Å²) in [6.07, 6.45) is 27.1. The fraction of sp³-hybridized carbons (Fsp3) is 0.805. The van der Waals surface area contributed by atoms with Gasteiger partial charge in [0, 0.05) is 5.57 Å². The lowest BCUT2D eigenvalue weighted by molar-refractivity contribution is -0.119. The van der Waals surface area contributed by atoms with Crippen LogP contribution in [0.15, 0.2) is 36.0 Å². The molecule has 0 amide bonds. The van der Waals surface area contributed by atoms with E-state index in [-0.39, 0.29) is 7.43 Å².